The minimum atomic E-state index is -0.971. The Morgan fingerprint density at radius 3 is 1.74 bits per heavy atom. The maximum absolute atomic E-state index is 10.8. The number of ether oxygens (including phenoxy) is 1. The van der Waals surface area contributed by atoms with Gasteiger partial charge in [0.05, 0.1) is 7.11 Å². The van der Waals surface area contributed by atoms with Crippen LogP contribution in [0, 0.1) is 0 Å². The van der Waals surface area contributed by atoms with Crippen LogP contribution in [0.1, 0.15) is 11.1 Å². The average Bonchev–Trinajstić information content (AvgIpc) is 2.60. The molecular weight excluding hydrogens is 523 g/mol. The maximum atomic E-state index is 10.8. The molecule has 4 nitrogen and oxygen atoms in total. The molecule has 0 aliphatic rings. The number of carboxylic acid groups (broad SMARTS) is 1. The van der Waals surface area contributed by atoms with E-state index in [1.165, 1.54) is 19.3 Å². The van der Waals surface area contributed by atoms with Crippen LogP contribution in [0.2, 0.25) is 10.0 Å². The lowest BCUT2D eigenvalue weighted by atomic mass is 10.2. The van der Waals surface area contributed by atoms with Crippen LogP contribution in [0.3, 0.4) is 0 Å². The van der Waals surface area contributed by atoms with Crippen molar-refractivity contribution in [1.82, 2.24) is 0 Å². The molecule has 142 valence electrons. The summed E-state index contributed by atoms with van der Waals surface area (Å²) in [6.07, 6.45) is 5.59. The first-order chi connectivity index (χ1) is 12.7. The third kappa shape index (κ3) is 9.24. The van der Waals surface area contributed by atoms with Crippen molar-refractivity contribution < 1.29 is 19.4 Å². The molecule has 0 spiro atoms. The Morgan fingerprint density at radius 1 is 0.926 bits per heavy atom. The number of carboxylic acids is 1. The monoisotopic (exact) mass is 534 g/mol. The lowest BCUT2D eigenvalue weighted by Gasteiger charge is -1.98. The topological polar surface area (TPSA) is 63.6 Å². The van der Waals surface area contributed by atoms with Gasteiger partial charge in [0.15, 0.2) is 0 Å². The highest BCUT2D eigenvalue weighted by atomic mass is 79.9. The van der Waals surface area contributed by atoms with E-state index < -0.39 is 5.97 Å². The number of hydrogen-bond acceptors (Lipinski definition) is 3. The molecule has 2 aromatic rings. The minimum absolute atomic E-state index is 0.383. The molecule has 1 N–H and O–H groups in total. The number of hydrogen-bond donors (Lipinski definition) is 1. The molecule has 0 radical (unpaired) electrons. The van der Waals surface area contributed by atoms with Gasteiger partial charge < -0.3 is 9.84 Å². The molecule has 0 heterocycles. The summed E-state index contributed by atoms with van der Waals surface area (Å²) in [5, 5.41) is 9.65. The molecule has 27 heavy (non-hydrogen) atoms. The van der Waals surface area contributed by atoms with E-state index in [1.54, 1.807) is 36.4 Å². The highest BCUT2D eigenvalue weighted by Gasteiger charge is 1.98. The Balaban J connectivity index is 0.000000271. The lowest BCUT2D eigenvalue weighted by molar-refractivity contribution is -0.135. The van der Waals surface area contributed by atoms with Gasteiger partial charge in [-0.3, -0.25) is 0 Å². The smallest absolute Gasteiger partial charge is 0.330 e. The highest BCUT2D eigenvalue weighted by Crippen LogP contribution is 2.23. The van der Waals surface area contributed by atoms with Crippen molar-refractivity contribution in [3.05, 3.63) is 78.7 Å². The first-order valence-electron chi connectivity index (χ1n) is 7.30. The second-order valence-corrected chi connectivity index (χ2v) is 7.44. The Hall–Kier alpha value is -1.60. The molecular formula is C19H14Br2Cl2O4. The summed E-state index contributed by atoms with van der Waals surface area (Å²) in [6, 6.07) is 10.5. The van der Waals surface area contributed by atoms with Crippen molar-refractivity contribution in [2.45, 2.75) is 0 Å². The number of esters is 1. The lowest BCUT2D eigenvalue weighted by Crippen LogP contribution is -1.93. The molecule has 0 amide bonds. The van der Waals surface area contributed by atoms with Crippen molar-refractivity contribution in [2.24, 2.45) is 0 Å². The van der Waals surface area contributed by atoms with Gasteiger partial charge in [-0.15, -0.1) is 0 Å². The zero-order valence-electron chi connectivity index (χ0n) is 14.0. The second-order valence-electron chi connectivity index (χ2n) is 4.86. The fraction of sp³-hybridized carbons (Fsp3) is 0.0526. The molecule has 0 saturated heterocycles. The zero-order valence-corrected chi connectivity index (χ0v) is 18.6. The molecule has 0 fully saturated rings. The fourth-order valence-corrected chi connectivity index (χ4v) is 3.29. The summed E-state index contributed by atoms with van der Waals surface area (Å²) in [6.45, 7) is 0. The number of carbonyl (C=O) groups is 2. The van der Waals surface area contributed by atoms with E-state index in [9.17, 15) is 9.59 Å². The van der Waals surface area contributed by atoms with Crippen LogP contribution in [-0.2, 0) is 14.3 Å². The summed E-state index contributed by atoms with van der Waals surface area (Å²) in [5.74, 6) is -1.35. The number of methoxy groups -OCH3 is 1. The van der Waals surface area contributed by atoms with Crippen LogP contribution in [0.4, 0.5) is 0 Å². The first-order valence-corrected chi connectivity index (χ1v) is 9.64. The quantitative estimate of drug-likeness (QED) is 0.358. The summed E-state index contributed by atoms with van der Waals surface area (Å²) < 4.78 is 6.08. The van der Waals surface area contributed by atoms with Crippen molar-refractivity contribution in [2.75, 3.05) is 7.11 Å². The predicted molar refractivity (Wildman–Crippen MR) is 116 cm³/mol. The molecule has 2 aromatic carbocycles. The van der Waals surface area contributed by atoms with E-state index >= 15 is 0 Å². The van der Waals surface area contributed by atoms with E-state index in [1.807, 2.05) is 6.07 Å². The van der Waals surface area contributed by atoms with Crippen LogP contribution < -0.4 is 0 Å². The maximum Gasteiger partial charge on any atom is 0.330 e. The van der Waals surface area contributed by atoms with E-state index in [0.717, 1.165) is 26.1 Å². The number of carbonyl (C=O) groups excluding carboxylic acids is 1. The Bertz CT molecular complexity index is 880. The molecule has 0 saturated carbocycles. The van der Waals surface area contributed by atoms with Crippen molar-refractivity contribution in [3.63, 3.8) is 0 Å². The average molecular weight is 537 g/mol. The van der Waals surface area contributed by atoms with Gasteiger partial charge in [-0.25, -0.2) is 9.59 Å². The number of rotatable bonds is 4. The molecule has 0 aliphatic heterocycles. The minimum Gasteiger partial charge on any atom is -0.478 e. The summed E-state index contributed by atoms with van der Waals surface area (Å²) in [4.78, 5) is 21.0. The van der Waals surface area contributed by atoms with E-state index in [2.05, 4.69) is 36.6 Å². The third-order valence-corrected chi connectivity index (χ3v) is 4.77. The number of halogens is 4. The van der Waals surface area contributed by atoms with Crippen molar-refractivity contribution in [3.8, 4) is 0 Å². The van der Waals surface area contributed by atoms with Crippen LogP contribution in [0.5, 0.6) is 0 Å². The van der Waals surface area contributed by atoms with Gasteiger partial charge in [0.2, 0.25) is 0 Å². The van der Waals surface area contributed by atoms with Crippen LogP contribution >= 0.6 is 55.1 Å². The van der Waals surface area contributed by atoms with Gasteiger partial charge in [-0.05, 0) is 47.5 Å². The van der Waals surface area contributed by atoms with Gasteiger partial charge in [0.1, 0.15) is 0 Å². The standard InChI is InChI=1S/C10H8BrClO2.C9H6BrClO2/c1-14-10(13)5-3-7-2-4-8(12)6-9(7)11;10-8-5-7(11)3-1-6(8)2-4-9(12)13/h2-6H,1H3;1-5H,(H,12,13)/b5-3+;4-2+. The van der Waals surface area contributed by atoms with Gasteiger partial charge in [-0.1, -0.05) is 67.2 Å². The fourth-order valence-electron chi connectivity index (χ4n) is 1.66. The molecule has 0 aliphatic carbocycles. The highest BCUT2D eigenvalue weighted by molar-refractivity contribution is 9.10. The largest absolute Gasteiger partial charge is 0.478 e. The molecule has 0 atom stereocenters. The van der Waals surface area contributed by atoms with Crippen LogP contribution in [-0.4, -0.2) is 24.2 Å². The van der Waals surface area contributed by atoms with E-state index in [0.29, 0.717) is 10.0 Å². The van der Waals surface area contributed by atoms with Crippen molar-refractivity contribution >= 4 is 79.2 Å². The summed E-state index contributed by atoms with van der Waals surface area (Å²) >= 11 is 18.1. The molecule has 0 aromatic heterocycles. The molecule has 2 rings (SSSR count). The number of aliphatic carboxylic acids is 1. The SMILES string of the molecule is COC(=O)/C=C/c1ccc(Cl)cc1Br.O=C(O)/C=C/c1ccc(Cl)cc1Br. The first kappa shape index (κ1) is 23.4. The summed E-state index contributed by atoms with van der Waals surface area (Å²) in [7, 11) is 1.34. The van der Waals surface area contributed by atoms with Gasteiger partial charge >= 0.3 is 11.9 Å². The van der Waals surface area contributed by atoms with Gasteiger partial charge in [-0.2, -0.15) is 0 Å². The third-order valence-electron chi connectivity index (χ3n) is 2.93. The summed E-state index contributed by atoms with van der Waals surface area (Å²) in [5.41, 5.74) is 1.66. The zero-order chi connectivity index (χ0) is 20.4. The van der Waals surface area contributed by atoms with Crippen LogP contribution in [0.15, 0.2) is 57.5 Å². The molecule has 0 bridgehead atoms. The second kappa shape index (κ2) is 12.0. The number of benzene rings is 2. The molecule has 0 unspecified atom stereocenters. The Morgan fingerprint density at radius 2 is 1.37 bits per heavy atom. The van der Waals surface area contributed by atoms with Crippen LogP contribution in [0.25, 0.3) is 12.2 Å². The van der Waals surface area contributed by atoms with E-state index in [-0.39, 0.29) is 5.97 Å². The Labute approximate surface area is 183 Å². The normalized spacial score (nSPS) is 10.6. The predicted octanol–water partition coefficient (Wildman–Crippen LogP) is 6.49. The Kier molecular flexibility index (Phi) is 10.4. The molecule has 8 heteroatoms. The van der Waals surface area contributed by atoms with E-state index in [4.69, 9.17) is 28.3 Å². The van der Waals surface area contributed by atoms with Gasteiger partial charge in [0.25, 0.3) is 0 Å². The van der Waals surface area contributed by atoms with Crippen molar-refractivity contribution in [1.29, 1.82) is 0 Å². The van der Waals surface area contributed by atoms with Gasteiger partial charge in [0, 0.05) is 31.1 Å².